The van der Waals surface area contributed by atoms with Gasteiger partial charge in [0.05, 0.1) is 6.10 Å². The Morgan fingerprint density at radius 3 is 2.56 bits per heavy atom. The van der Waals surface area contributed by atoms with Crippen LogP contribution in [-0.4, -0.2) is 50.3 Å². The van der Waals surface area contributed by atoms with Gasteiger partial charge in [0.2, 0.25) is 0 Å². The van der Waals surface area contributed by atoms with Gasteiger partial charge in [-0.1, -0.05) is 13.8 Å². The van der Waals surface area contributed by atoms with Crippen molar-refractivity contribution in [3.05, 3.63) is 0 Å². The van der Waals surface area contributed by atoms with Gasteiger partial charge in [-0.05, 0) is 51.9 Å². The van der Waals surface area contributed by atoms with Crippen LogP contribution >= 0.6 is 0 Å². The molecule has 0 unspecified atom stereocenters. The highest BCUT2D eigenvalue weighted by Crippen LogP contribution is 2.07. The Hall–Kier alpha value is -0.120. The molecule has 0 atom stereocenters. The number of ether oxygens (including phenoxy) is 1. The van der Waals surface area contributed by atoms with Crippen LogP contribution in [0.2, 0.25) is 0 Å². The van der Waals surface area contributed by atoms with Crippen molar-refractivity contribution in [2.45, 2.75) is 45.6 Å². The number of rotatable bonds is 8. The van der Waals surface area contributed by atoms with Crippen LogP contribution in [0.1, 0.15) is 39.5 Å². The first-order chi connectivity index (χ1) is 7.86. The lowest BCUT2D eigenvalue weighted by molar-refractivity contribution is 0.0279. The van der Waals surface area contributed by atoms with E-state index in [4.69, 9.17) is 4.74 Å². The van der Waals surface area contributed by atoms with Crippen molar-refractivity contribution < 1.29 is 4.74 Å². The van der Waals surface area contributed by atoms with Gasteiger partial charge in [-0.2, -0.15) is 0 Å². The molecule has 96 valence electrons. The first-order valence-corrected chi connectivity index (χ1v) is 6.91. The maximum absolute atomic E-state index is 5.89. The maximum atomic E-state index is 5.89. The summed E-state index contributed by atoms with van der Waals surface area (Å²) in [4.78, 5) is 2.51. The van der Waals surface area contributed by atoms with Gasteiger partial charge in [0.1, 0.15) is 0 Å². The van der Waals surface area contributed by atoms with Crippen LogP contribution in [0.3, 0.4) is 0 Å². The van der Waals surface area contributed by atoms with Crippen molar-refractivity contribution in [1.82, 2.24) is 10.2 Å². The van der Waals surface area contributed by atoms with Crippen molar-refractivity contribution in [2.24, 2.45) is 0 Å². The predicted octanol–water partition coefficient (Wildman–Crippen LogP) is 1.88. The van der Waals surface area contributed by atoms with Gasteiger partial charge in [-0.25, -0.2) is 0 Å². The van der Waals surface area contributed by atoms with E-state index < -0.39 is 0 Å². The highest BCUT2D eigenvalue weighted by atomic mass is 16.5. The Labute approximate surface area is 101 Å². The minimum Gasteiger partial charge on any atom is -0.378 e. The molecule has 0 aromatic rings. The zero-order valence-electron chi connectivity index (χ0n) is 11.0. The van der Waals surface area contributed by atoms with Gasteiger partial charge in [0.25, 0.3) is 0 Å². The molecule has 0 aromatic heterocycles. The Kier molecular flexibility index (Phi) is 7.81. The summed E-state index contributed by atoms with van der Waals surface area (Å²) in [7, 11) is 0. The molecule has 0 aromatic carbocycles. The quantitative estimate of drug-likeness (QED) is 0.642. The second-order valence-corrected chi connectivity index (χ2v) is 4.61. The summed E-state index contributed by atoms with van der Waals surface area (Å²) in [6, 6.07) is 0. The lowest BCUT2D eigenvalue weighted by atomic mass is 10.1. The smallest absolute Gasteiger partial charge is 0.0599 e. The Morgan fingerprint density at radius 1 is 1.19 bits per heavy atom. The van der Waals surface area contributed by atoms with Gasteiger partial charge >= 0.3 is 0 Å². The van der Waals surface area contributed by atoms with E-state index in [0.29, 0.717) is 6.10 Å². The second kappa shape index (κ2) is 8.97. The highest BCUT2D eigenvalue weighted by Gasteiger charge is 2.12. The number of nitrogens with one attached hydrogen (secondary N) is 1. The first-order valence-electron chi connectivity index (χ1n) is 6.91. The highest BCUT2D eigenvalue weighted by molar-refractivity contribution is 4.68. The third kappa shape index (κ3) is 5.83. The molecule has 1 rings (SSSR count). The standard InChI is InChI=1S/C13H28N2O/c1-3-10-15(4-2)11-5-12-16-13-6-8-14-9-7-13/h13-14H,3-12H2,1-2H3. The van der Waals surface area contributed by atoms with Crippen LogP contribution in [0.15, 0.2) is 0 Å². The molecule has 1 aliphatic rings. The average molecular weight is 228 g/mol. The minimum atomic E-state index is 0.516. The van der Waals surface area contributed by atoms with Gasteiger partial charge in [0.15, 0.2) is 0 Å². The molecule has 1 heterocycles. The van der Waals surface area contributed by atoms with Crippen LogP contribution in [0.25, 0.3) is 0 Å². The Bertz CT molecular complexity index is 151. The normalized spacial score (nSPS) is 18.2. The van der Waals surface area contributed by atoms with E-state index in [1.54, 1.807) is 0 Å². The largest absolute Gasteiger partial charge is 0.378 e. The van der Waals surface area contributed by atoms with E-state index in [0.717, 1.165) is 19.7 Å². The van der Waals surface area contributed by atoms with E-state index in [1.165, 1.54) is 45.3 Å². The summed E-state index contributed by atoms with van der Waals surface area (Å²) in [6.45, 7) is 11.3. The lowest BCUT2D eigenvalue weighted by Gasteiger charge is -2.24. The van der Waals surface area contributed by atoms with E-state index >= 15 is 0 Å². The van der Waals surface area contributed by atoms with E-state index in [-0.39, 0.29) is 0 Å². The molecule has 0 amide bonds. The fraction of sp³-hybridized carbons (Fsp3) is 1.00. The molecule has 1 fully saturated rings. The Balaban J connectivity index is 1.97. The zero-order chi connectivity index (χ0) is 11.6. The van der Waals surface area contributed by atoms with Gasteiger partial charge in [-0.3, -0.25) is 0 Å². The zero-order valence-corrected chi connectivity index (χ0v) is 11.0. The fourth-order valence-corrected chi connectivity index (χ4v) is 2.24. The van der Waals surface area contributed by atoms with E-state index in [9.17, 15) is 0 Å². The third-order valence-electron chi connectivity index (χ3n) is 3.25. The van der Waals surface area contributed by atoms with Gasteiger partial charge < -0.3 is 15.0 Å². The first kappa shape index (κ1) is 13.9. The molecular weight excluding hydrogens is 200 g/mol. The molecule has 1 N–H and O–H groups in total. The molecule has 0 radical (unpaired) electrons. The Morgan fingerprint density at radius 2 is 1.94 bits per heavy atom. The average Bonchev–Trinajstić information content (AvgIpc) is 2.34. The van der Waals surface area contributed by atoms with Gasteiger partial charge in [-0.15, -0.1) is 0 Å². The number of hydrogen-bond acceptors (Lipinski definition) is 3. The van der Waals surface area contributed by atoms with Crippen LogP contribution in [0.4, 0.5) is 0 Å². The summed E-state index contributed by atoms with van der Waals surface area (Å²) in [5.41, 5.74) is 0. The second-order valence-electron chi connectivity index (χ2n) is 4.61. The summed E-state index contributed by atoms with van der Waals surface area (Å²) in [5.74, 6) is 0. The van der Waals surface area contributed by atoms with Crippen LogP contribution in [0.5, 0.6) is 0 Å². The fourth-order valence-electron chi connectivity index (χ4n) is 2.24. The monoisotopic (exact) mass is 228 g/mol. The molecule has 0 spiro atoms. The summed E-state index contributed by atoms with van der Waals surface area (Å²) in [5, 5.41) is 3.36. The van der Waals surface area contributed by atoms with Crippen molar-refractivity contribution in [2.75, 3.05) is 39.3 Å². The number of piperidine rings is 1. The molecule has 0 aliphatic carbocycles. The molecule has 16 heavy (non-hydrogen) atoms. The summed E-state index contributed by atoms with van der Waals surface area (Å²) >= 11 is 0. The number of hydrogen-bond donors (Lipinski definition) is 1. The SMILES string of the molecule is CCCN(CC)CCCOC1CCNCC1. The molecular formula is C13H28N2O. The molecule has 0 bridgehead atoms. The van der Waals surface area contributed by atoms with E-state index in [1.807, 2.05) is 0 Å². The van der Waals surface area contributed by atoms with Crippen molar-refractivity contribution >= 4 is 0 Å². The summed E-state index contributed by atoms with van der Waals surface area (Å²) < 4.78 is 5.89. The van der Waals surface area contributed by atoms with E-state index in [2.05, 4.69) is 24.1 Å². The number of nitrogens with zero attached hydrogens (tertiary/aromatic N) is 1. The van der Waals surface area contributed by atoms with Crippen LogP contribution in [-0.2, 0) is 4.74 Å². The maximum Gasteiger partial charge on any atom is 0.0599 e. The molecule has 3 heteroatoms. The molecule has 0 saturated carbocycles. The third-order valence-corrected chi connectivity index (χ3v) is 3.25. The topological polar surface area (TPSA) is 24.5 Å². The summed E-state index contributed by atoms with van der Waals surface area (Å²) in [6.07, 6.45) is 5.32. The van der Waals surface area contributed by atoms with Crippen LogP contribution < -0.4 is 5.32 Å². The lowest BCUT2D eigenvalue weighted by Crippen LogP contribution is -2.33. The van der Waals surface area contributed by atoms with Crippen molar-refractivity contribution in [1.29, 1.82) is 0 Å². The van der Waals surface area contributed by atoms with Gasteiger partial charge in [0, 0.05) is 13.2 Å². The molecule has 3 nitrogen and oxygen atoms in total. The minimum absolute atomic E-state index is 0.516. The molecule has 1 saturated heterocycles. The predicted molar refractivity (Wildman–Crippen MR) is 68.9 cm³/mol. The molecule has 1 aliphatic heterocycles. The van der Waals surface area contributed by atoms with Crippen molar-refractivity contribution in [3.63, 3.8) is 0 Å². The van der Waals surface area contributed by atoms with Crippen molar-refractivity contribution in [3.8, 4) is 0 Å². The van der Waals surface area contributed by atoms with Crippen LogP contribution in [0, 0.1) is 0 Å².